The average molecular weight is 362 g/mol. The second-order valence-corrected chi connectivity index (χ2v) is 7.05. The number of nitrogens with two attached hydrogens (primary N) is 1. The van der Waals surface area contributed by atoms with E-state index in [0.29, 0.717) is 17.8 Å². The lowest BCUT2D eigenvalue weighted by Crippen LogP contribution is -2.45. The third-order valence-electron chi connectivity index (χ3n) is 5.28. The summed E-state index contributed by atoms with van der Waals surface area (Å²) in [5.41, 5.74) is 7.82. The van der Waals surface area contributed by atoms with Gasteiger partial charge in [-0.1, -0.05) is 18.2 Å². The monoisotopic (exact) mass is 362 g/mol. The summed E-state index contributed by atoms with van der Waals surface area (Å²) in [6.07, 6.45) is 3.75. The van der Waals surface area contributed by atoms with Gasteiger partial charge in [-0.3, -0.25) is 4.57 Å². The first-order chi connectivity index (χ1) is 13.1. The van der Waals surface area contributed by atoms with Crippen LogP contribution < -0.4 is 16.3 Å². The molecule has 1 aliphatic heterocycles. The van der Waals surface area contributed by atoms with E-state index in [4.69, 9.17) is 5.73 Å². The van der Waals surface area contributed by atoms with E-state index in [1.807, 2.05) is 31.2 Å². The van der Waals surface area contributed by atoms with Crippen LogP contribution in [0.2, 0.25) is 0 Å². The van der Waals surface area contributed by atoms with Crippen molar-refractivity contribution in [2.75, 3.05) is 18.0 Å². The third-order valence-corrected chi connectivity index (χ3v) is 5.28. The molecule has 3 aromatic rings. The van der Waals surface area contributed by atoms with E-state index in [1.165, 1.54) is 0 Å². The van der Waals surface area contributed by atoms with Crippen molar-refractivity contribution in [3.05, 3.63) is 58.1 Å². The van der Waals surface area contributed by atoms with Gasteiger partial charge in [-0.2, -0.15) is 10.2 Å². The van der Waals surface area contributed by atoms with Gasteiger partial charge < -0.3 is 15.6 Å². The molecule has 1 aromatic carbocycles. The van der Waals surface area contributed by atoms with Crippen LogP contribution in [-0.2, 0) is 0 Å². The number of nitrogens with zero attached hydrogens (tertiary/aromatic N) is 4. The largest absolute Gasteiger partial charge is 0.356 e. The lowest BCUT2D eigenvalue weighted by atomic mass is 10.0. The Morgan fingerprint density at radius 3 is 2.96 bits per heavy atom. The van der Waals surface area contributed by atoms with Crippen molar-refractivity contribution in [3.63, 3.8) is 0 Å². The lowest BCUT2D eigenvalue weighted by Gasteiger charge is -2.35. The van der Waals surface area contributed by atoms with Crippen LogP contribution in [0.25, 0.3) is 11.0 Å². The van der Waals surface area contributed by atoms with E-state index < -0.39 is 0 Å². The summed E-state index contributed by atoms with van der Waals surface area (Å²) in [4.78, 5) is 22.4. The van der Waals surface area contributed by atoms with Crippen molar-refractivity contribution < 1.29 is 0 Å². The molecule has 0 radical (unpaired) electrons. The number of piperidine rings is 1. The minimum absolute atomic E-state index is 0.0751. The highest BCUT2D eigenvalue weighted by Crippen LogP contribution is 2.31. The SMILES string of the molecule is CC(c1ccccc1C#N)n1c(N2CCC[C@@H](N)C2)c2cc[nH]c2nc1=O. The predicted molar refractivity (Wildman–Crippen MR) is 105 cm³/mol. The van der Waals surface area contributed by atoms with Gasteiger partial charge in [0.1, 0.15) is 11.5 Å². The van der Waals surface area contributed by atoms with Gasteiger partial charge in [0, 0.05) is 25.3 Å². The number of benzene rings is 1. The maximum atomic E-state index is 13.0. The molecule has 7 nitrogen and oxygen atoms in total. The molecule has 0 aliphatic carbocycles. The topological polar surface area (TPSA) is 104 Å². The number of fused-ring (bicyclic) bond motifs is 1. The first kappa shape index (κ1) is 17.3. The van der Waals surface area contributed by atoms with Gasteiger partial charge in [-0.05, 0) is 37.5 Å². The maximum Gasteiger partial charge on any atom is 0.351 e. The van der Waals surface area contributed by atoms with Crippen LogP contribution in [0.1, 0.15) is 36.9 Å². The average Bonchev–Trinajstić information content (AvgIpc) is 3.14. The Morgan fingerprint density at radius 2 is 2.19 bits per heavy atom. The van der Waals surface area contributed by atoms with Crippen LogP contribution >= 0.6 is 0 Å². The van der Waals surface area contributed by atoms with E-state index >= 15 is 0 Å². The molecule has 1 aliphatic rings. The molecule has 0 saturated carbocycles. The summed E-state index contributed by atoms with van der Waals surface area (Å²) in [6.45, 7) is 3.46. The molecule has 3 N–H and O–H groups in total. The molecule has 0 spiro atoms. The van der Waals surface area contributed by atoms with Crippen molar-refractivity contribution in [1.82, 2.24) is 14.5 Å². The first-order valence-electron chi connectivity index (χ1n) is 9.19. The molecule has 0 bridgehead atoms. The molecule has 7 heteroatoms. The van der Waals surface area contributed by atoms with Crippen molar-refractivity contribution >= 4 is 16.9 Å². The van der Waals surface area contributed by atoms with Gasteiger partial charge in [0.05, 0.1) is 23.1 Å². The number of H-pyrrole nitrogens is 1. The van der Waals surface area contributed by atoms with Gasteiger partial charge in [-0.15, -0.1) is 0 Å². The lowest BCUT2D eigenvalue weighted by molar-refractivity contribution is 0.488. The highest BCUT2D eigenvalue weighted by atomic mass is 16.1. The molecule has 1 fully saturated rings. The molecule has 3 heterocycles. The number of anilines is 1. The number of nitrogens with one attached hydrogen (secondary N) is 1. The quantitative estimate of drug-likeness (QED) is 0.743. The Bertz CT molecular complexity index is 1080. The van der Waals surface area contributed by atoms with Gasteiger partial charge in [0.2, 0.25) is 0 Å². The summed E-state index contributed by atoms with van der Waals surface area (Å²) in [6, 6.07) is 11.3. The van der Waals surface area contributed by atoms with Crippen LogP contribution in [0.15, 0.2) is 41.3 Å². The summed E-state index contributed by atoms with van der Waals surface area (Å²) < 4.78 is 1.70. The fraction of sp³-hybridized carbons (Fsp3) is 0.350. The summed E-state index contributed by atoms with van der Waals surface area (Å²) in [7, 11) is 0. The Kier molecular flexibility index (Phi) is 4.42. The first-order valence-corrected chi connectivity index (χ1v) is 9.19. The van der Waals surface area contributed by atoms with Gasteiger partial charge in [0.25, 0.3) is 0 Å². The number of aromatic amines is 1. The summed E-state index contributed by atoms with van der Waals surface area (Å²) in [5.74, 6) is 0.821. The van der Waals surface area contributed by atoms with Crippen LogP contribution in [0.3, 0.4) is 0 Å². The maximum absolute atomic E-state index is 13.0. The molecule has 27 heavy (non-hydrogen) atoms. The Labute approximate surface area is 157 Å². The smallest absolute Gasteiger partial charge is 0.351 e. The van der Waals surface area contributed by atoms with E-state index in [2.05, 4.69) is 20.9 Å². The van der Waals surface area contributed by atoms with Crippen LogP contribution in [0.5, 0.6) is 0 Å². The second-order valence-electron chi connectivity index (χ2n) is 7.05. The highest BCUT2D eigenvalue weighted by Gasteiger charge is 2.26. The molecular formula is C20H22N6O. The molecule has 1 saturated heterocycles. The fourth-order valence-corrected chi connectivity index (χ4v) is 3.98. The number of rotatable bonds is 3. The molecule has 1 unspecified atom stereocenters. The van der Waals surface area contributed by atoms with Crippen molar-refractivity contribution in [2.45, 2.75) is 31.8 Å². The number of hydrogen-bond acceptors (Lipinski definition) is 5. The Hall–Kier alpha value is -3.11. The zero-order valence-electron chi connectivity index (χ0n) is 15.2. The van der Waals surface area contributed by atoms with Gasteiger partial charge >= 0.3 is 5.69 Å². The molecule has 0 amide bonds. The molecule has 2 atom stereocenters. The zero-order chi connectivity index (χ0) is 19.0. The predicted octanol–water partition coefficient (Wildman–Crippen LogP) is 2.13. The fourth-order valence-electron chi connectivity index (χ4n) is 3.98. The zero-order valence-corrected chi connectivity index (χ0v) is 15.2. The van der Waals surface area contributed by atoms with Crippen LogP contribution in [-0.4, -0.2) is 33.7 Å². The Balaban J connectivity index is 1.94. The number of aromatic nitrogens is 3. The molecule has 138 valence electrons. The normalized spacial score (nSPS) is 18.4. The third kappa shape index (κ3) is 2.98. The standard InChI is InChI=1S/C20H22N6O/c1-13(16-7-3-2-5-14(16)11-21)26-19(25-10-4-6-15(22)12-25)17-8-9-23-18(17)24-20(26)27/h2-3,5,7-9,13,15H,4,6,10,12,22H2,1H3,(H,23,24,27)/t13?,15-/m1/s1. The minimum Gasteiger partial charge on any atom is -0.356 e. The minimum atomic E-state index is -0.334. The van der Waals surface area contributed by atoms with Gasteiger partial charge in [-0.25, -0.2) is 4.79 Å². The summed E-state index contributed by atoms with van der Waals surface area (Å²) in [5, 5.41) is 10.4. The van der Waals surface area contributed by atoms with Crippen molar-refractivity contribution in [1.29, 1.82) is 5.26 Å². The van der Waals surface area contributed by atoms with E-state index in [0.717, 1.165) is 36.2 Å². The second kappa shape index (κ2) is 6.89. The highest BCUT2D eigenvalue weighted by molar-refractivity contribution is 5.88. The van der Waals surface area contributed by atoms with Crippen LogP contribution in [0, 0.1) is 11.3 Å². The van der Waals surface area contributed by atoms with Crippen LogP contribution in [0.4, 0.5) is 5.82 Å². The van der Waals surface area contributed by atoms with E-state index in [-0.39, 0.29) is 17.8 Å². The van der Waals surface area contributed by atoms with Gasteiger partial charge in [0.15, 0.2) is 0 Å². The number of nitriles is 1. The van der Waals surface area contributed by atoms with Crippen molar-refractivity contribution in [3.8, 4) is 6.07 Å². The molecule has 4 rings (SSSR count). The number of hydrogen-bond donors (Lipinski definition) is 2. The summed E-state index contributed by atoms with van der Waals surface area (Å²) >= 11 is 0. The molecular weight excluding hydrogens is 340 g/mol. The van der Waals surface area contributed by atoms with Crippen molar-refractivity contribution in [2.24, 2.45) is 5.73 Å². The Morgan fingerprint density at radius 1 is 1.37 bits per heavy atom. The van der Waals surface area contributed by atoms with E-state index in [1.54, 1.807) is 16.8 Å². The molecule has 2 aromatic heterocycles. The van der Waals surface area contributed by atoms with E-state index in [9.17, 15) is 10.1 Å².